The van der Waals surface area contributed by atoms with Crippen molar-refractivity contribution >= 4 is 11.7 Å². The Morgan fingerprint density at radius 3 is 2.67 bits per heavy atom. The Labute approximate surface area is 89.7 Å². The zero-order valence-corrected chi connectivity index (χ0v) is 9.29. The van der Waals surface area contributed by atoms with E-state index in [0.717, 1.165) is 12.8 Å². The summed E-state index contributed by atoms with van der Waals surface area (Å²) in [4.78, 5) is 11.7. The van der Waals surface area contributed by atoms with Gasteiger partial charge in [0.15, 0.2) is 5.84 Å². The van der Waals surface area contributed by atoms with Crippen molar-refractivity contribution in [3.8, 4) is 0 Å². The predicted molar refractivity (Wildman–Crippen MR) is 57.5 cm³/mol. The average molecular weight is 213 g/mol. The summed E-state index contributed by atoms with van der Waals surface area (Å²) in [5.74, 6) is -0.686. The third-order valence-electron chi connectivity index (χ3n) is 2.99. The van der Waals surface area contributed by atoms with Crippen LogP contribution in [0.25, 0.3) is 0 Å². The van der Waals surface area contributed by atoms with Crippen molar-refractivity contribution < 1.29 is 10.0 Å². The van der Waals surface area contributed by atoms with Gasteiger partial charge in [0.1, 0.15) is 0 Å². The highest BCUT2D eigenvalue weighted by molar-refractivity contribution is 6.01. The van der Waals surface area contributed by atoms with E-state index in [1.165, 1.54) is 0 Å². The number of nitrogens with two attached hydrogens (primary N) is 1. The smallest absolute Gasteiger partial charge is 0.230 e. The van der Waals surface area contributed by atoms with Crippen LogP contribution in [0.15, 0.2) is 5.16 Å². The van der Waals surface area contributed by atoms with E-state index < -0.39 is 5.92 Å². The third-order valence-corrected chi connectivity index (χ3v) is 2.99. The van der Waals surface area contributed by atoms with Gasteiger partial charge in [0, 0.05) is 6.54 Å². The highest BCUT2D eigenvalue weighted by Crippen LogP contribution is 2.44. The molecule has 1 aliphatic rings. The zero-order chi connectivity index (χ0) is 11.5. The maximum absolute atomic E-state index is 11.7. The number of carbonyl (C=O) groups excluding carboxylic acids is 1. The van der Waals surface area contributed by atoms with Crippen LogP contribution in [-0.4, -0.2) is 23.5 Å². The Bertz CT molecular complexity index is 272. The largest absolute Gasteiger partial charge is 0.409 e. The summed E-state index contributed by atoms with van der Waals surface area (Å²) in [5.41, 5.74) is 5.70. The van der Waals surface area contributed by atoms with Gasteiger partial charge in [0.2, 0.25) is 5.91 Å². The second kappa shape index (κ2) is 4.51. The van der Waals surface area contributed by atoms with Crippen molar-refractivity contribution in [1.29, 1.82) is 0 Å². The molecule has 1 atom stereocenters. The second-order valence-electron chi connectivity index (χ2n) is 4.51. The van der Waals surface area contributed by atoms with Crippen molar-refractivity contribution in [2.45, 2.75) is 33.1 Å². The van der Waals surface area contributed by atoms with Crippen molar-refractivity contribution in [2.75, 3.05) is 6.54 Å². The first-order chi connectivity index (χ1) is 7.02. The molecule has 5 nitrogen and oxygen atoms in total. The number of nitrogens with zero attached hydrogens (tertiary/aromatic N) is 1. The summed E-state index contributed by atoms with van der Waals surface area (Å²) in [6.07, 6.45) is 2.86. The van der Waals surface area contributed by atoms with Crippen LogP contribution >= 0.6 is 0 Å². The van der Waals surface area contributed by atoms with Gasteiger partial charge in [-0.3, -0.25) is 4.79 Å². The summed E-state index contributed by atoms with van der Waals surface area (Å²) >= 11 is 0. The van der Waals surface area contributed by atoms with Crippen LogP contribution in [0.1, 0.15) is 33.1 Å². The molecule has 1 fully saturated rings. The van der Waals surface area contributed by atoms with E-state index in [1.54, 1.807) is 0 Å². The lowest BCUT2D eigenvalue weighted by Crippen LogP contribution is -2.40. The van der Waals surface area contributed by atoms with Gasteiger partial charge in [-0.1, -0.05) is 19.0 Å². The van der Waals surface area contributed by atoms with E-state index in [2.05, 4.69) is 17.4 Å². The normalized spacial score (nSPS) is 20.8. The van der Waals surface area contributed by atoms with Crippen LogP contribution in [0.3, 0.4) is 0 Å². The Balaban J connectivity index is 2.43. The summed E-state index contributed by atoms with van der Waals surface area (Å²) < 4.78 is 0. The quantitative estimate of drug-likeness (QED) is 0.271. The van der Waals surface area contributed by atoms with Gasteiger partial charge < -0.3 is 16.3 Å². The zero-order valence-electron chi connectivity index (χ0n) is 9.29. The van der Waals surface area contributed by atoms with Gasteiger partial charge in [-0.15, -0.1) is 0 Å². The molecule has 0 heterocycles. The fourth-order valence-electron chi connectivity index (χ4n) is 1.41. The molecule has 1 unspecified atom stereocenters. The molecule has 1 amide bonds. The lowest BCUT2D eigenvalue weighted by Gasteiger charge is -2.15. The molecule has 1 aliphatic carbocycles. The highest BCUT2D eigenvalue weighted by Gasteiger charge is 2.37. The Morgan fingerprint density at radius 2 is 2.27 bits per heavy atom. The van der Waals surface area contributed by atoms with E-state index >= 15 is 0 Å². The molecule has 1 saturated carbocycles. The lowest BCUT2D eigenvalue weighted by molar-refractivity contribution is -0.123. The van der Waals surface area contributed by atoms with Gasteiger partial charge in [-0.2, -0.15) is 0 Å². The van der Waals surface area contributed by atoms with E-state index in [1.807, 2.05) is 6.92 Å². The minimum atomic E-state index is -0.516. The summed E-state index contributed by atoms with van der Waals surface area (Å²) in [6, 6.07) is 0. The van der Waals surface area contributed by atoms with Crippen LogP contribution in [0.5, 0.6) is 0 Å². The molecule has 4 N–H and O–H groups in total. The molecule has 0 aromatic rings. The number of hydrogen-bond acceptors (Lipinski definition) is 3. The van der Waals surface area contributed by atoms with Crippen LogP contribution in [-0.2, 0) is 4.79 Å². The first-order valence-corrected chi connectivity index (χ1v) is 5.27. The molecule has 15 heavy (non-hydrogen) atoms. The van der Waals surface area contributed by atoms with Gasteiger partial charge in [-0.05, 0) is 24.7 Å². The van der Waals surface area contributed by atoms with Crippen LogP contribution in [0, 0.1) is 11.3 Å². The number of rotatable bonds is 5. The average Bonchev–Trinajstić information content (AvgIpc) is 2.95. The highest BCUT2D eigenvalue weighted by atomic mass is 16.4. The number of amides is 1. The molecule has 0 saturated heterocycles. The number of carbonyl (C=O) groups is 1. The second-order valence-corrected chi connectivity index (χ2v) is 4.51. The van der Waals surface area contributed by atoms with Crippen molar-refractivity contribution in [3.05, 3.63) is 0 Å². The number of hydrogen-bond donors (Lipinski definition) is 3. The van der Waals surface area contributed by atoms with E-state index in [0.29, 0.717) is 13.0 Å². The predicted octanol–water partition coefficient (Wildman–Crippen LogP) is 0.675. The monoisotopic (exact) mass is 213 g/mol. The molecule has 0 aliphatic heterocycles. The summed E-state index contributed by atoms with van der Waals surface area (Å²) in [5, 5.41) is 14.2. The van der Waals surface area contributed by atoms with Gasteiger partial charge in [0.25, 0.3) is 0 Å². The molecule has 5 heteroatoms. The topological polar surface area (TPSA) is 87.7 Å². The minimum absolute atomic E-state index is 0.0176. The fraction of sp³-hybridized carbons (Fsp3) is 0.800. The van der Waals surface area contributed by atoms with Gasteiger partial charge >= 0.3 is 0 Å². The fourth-order valence-corrected chi connectivity index (χ4v) is 1.41. The van der Waals surface area contributed by atoms with Gasteiger partial charge in [0.05, 0.1) is 5.92 Å². The van der Waals surface area contributed by atoms with Gasteiger partial charge in [-0.25, -0.2) is 0 Å². The van der Waals surface area contributed by atoms with E-state index in [-0.39, 0.29) is 17.2 Å². The minimum Gasteiger partial charge on any atom is -0.409 e. The number of oxime groups is 1. The number of nitrogens with one attached hydrogen (secondary N) is 1. The third kappa shape index (κ3) is 3.11. The van der Waals surface area contributed by atoms with Crippen molar-refractivity contribution in [3.63, 3.8) is 0 Å². The maximum atomic E-state index is 11.7. The van der Waals surface area contributed by atoms with E-state index in [4.69, 9.17) is 10.9 Å². The summed E-state index contributed by atoms with van der Waals surface area (Å²) in [7, 11) is 0. The van der Waals surface area contributed by atoms with Crippen LogP contribution in [0.4, 0.5) is 0 Å². The molecular formula is C10H19N3O2. The van der Waals surface area contributed by atoms with E-state index in [9.17, 15) is 4.79 Å². The maximum Gasteiger partial charge on any atom is 0.230 e. The Kier molecular flexibility index (Phi) is 3.55. The van der Waals surface area contributed by atoms with Crippen LogP contribution in [0.2, 0.25) is 0 Å². The van der Waals surface area contributed by atoms with Crippen molar-refractivity contribution in [2.24, 2.45) is 22.2 Å². The Morgan fingerprint density at radius 1 is 1.67 bits per heavy atom. The van der Waals surface area contributed by atoms with Crippen LogP contribution < -0.4 is 11.1 Å². The molecule has 0 bridgehead atoms. The first-order valence-electron chi connectivity index (χ1n) is 5.27. The standard InChI is InChI=1S/C10H19N3O2/c1-3-7(8(11)13-15)9(14)12-6-10(2)4-5-10/h7,15H,3-6H2,1-2H3,(H2,11,13)(H,12,14). The molecule has 0 spiro atoms. The number of amidine groups is 1. The lowest BCUT2D eigenvalue weighted by atomic mass is 10.0. The molecule has 86 valence electrons. The Hall–Kier alpha value is -1.26. The summed E-state index contributed by atoms with van der Waals surface area (Å²) in [6.45, 7) is 4.65. The molecule has 0 aromatic heterocycles. The molecular weight excluding hydrogens is 194 g/mol. The van der Waals surface area contributed by atoms with Crippen molar-refractivity contribution in [1.82, 2.24) is 5.32 Å². The molecule has 0 aromatic carbocycles. The molecule has 1 rings (SSSR count). The first kappa shape index (κ1) is 11.8. The SMILES string of the molecule is CCC(C(=O)NCC1(C)CC1)C(N)=NO. The molecule has 0 radical (unpaired) electrons.